The van der Waals surface area contributed by atoms with E-state index in [0.29, 0.717) is 4.47 Å². The Morgan fingerprint density at radius 2 is 1.89 bits per heavy atom. The third kappa shape index (κ3) is 3.18. The van der Waals surface area contributed by atoms with Gasteiger partial charge >= 0.3 is 0 Å². The largest absolute Gasteiger partial charge is 0.325 e. The van der Waals surface area contributed by atoms with Crippen LogP contribution in [-0.4, -0.2) is 11.3 Å². The van der Waals surface area contributed by atoms with Crippen molar-refractivity contribution < 1.29 is 9.18 Å². The highest BCUT2D eigenvalue weighted by molar-refractivity contribution is 9.10. The lowest BCUT2D eigenvalue weighted by molar-refractivity contribution is -0.129. The van der Waals surface area contributed by atoms with Gasteiger partial charge in [-0.1, -0.05) is 35.8 Å². The van der Waals surface area contributed by atoms with Crippen molar-refractivity contribution in [3.8, 4) is 0 Å². The molecule has 1 aromatic rings. The predicted octanol–water partition coefficient (Wildman–Crippen LogP) is 3.46. The average Bonchev–Trinajstić information content (AvgIpc) is 2.20. The van der Waals surface area contributed by atoms with E-state index in [9.17, 15) is 9.18 Å². The molecule has 0 amide bonds. The van der Waals surface area contributed by atoms with Crippen molar-refractivity contribution in [2.75, 3.05) is 0 Å². The van der Waals surface area contributed by atoms with Crippen LogP contribution in [0.15, 0.2) is 22.7 Å². The fourth-order valence-corrected chi connectivity index (χ4v) is 1.91. The molecule has 0 spiro atoms. The maximum absolute atomic E-state index is 13.0. The quantitative estimate of drug-likeness (QED) is 0.924. The Morgan fingerprint density at radius 3 is 2.33 bits per heavy atom. The summed E-state index contributed by atoms with van der Waals surface area (Å²) in [7, 11) is 0. The summed E-state index contributed by atoms with van der Waals surface area (Å²) in [6, 6.07) is 4.34. The lowest BCUT2D eigenvalue weighted by atomic mass is 9.71. The normalized spacial score (nSPS) is 12.6. The number of ketones is 1. The van der Waals surface area contributed by atoms with E-state index in [2.05, 4.69) is 15.9 Å². The number of Topliss-reactive ketones (excluding diaryl/α,β-unsaturated/α-hetero) is 1. The van der Waals surface area contributed by atoms with Crippen LogP contribution < -0.4 is 5.73 Å². The number of hydrogen-bond acceptors (Lipinski definition) is 2. The molecule has 0 heterocycles. The first-order valence-corrected chi connectivity index (χ1v) is 6.61. The number of hydrogen-bond donors (Lipinski definition) is 1. The lowest BCUT2D eigenvalue weighted by Gasteiger charge is -2.37. The average molecular weight is 316 g/mol. The highest BCUT2D eigenvalue weighted by atomic mass is 79.9. The number of benzene rings is 1. The van der Waals surface area contributed by atoms with Gasteiger partial charge in [0.05, 0.1) is 0 Å². The van der Waals surface area contributed by atoms with Gasteiger partial charge in [-0.25, -0.2) is 4.39 Å². The minimum Gasteiger partial charge on any atom is -0.325 e. The standard InChI is InChI=1S/C14H19BrFNO/c1-13(2,14(3,4)17)12(18)7-9-5-6-10(16)8-11(9)15/h5-6,8H,7,17H2,1-4H3. The van der Waals surface area contributed by atoms with E-state index >= 15 is 0 Å². The molecule has 0 bridgehead atoms. The molecule has 0 aliphatic carbocycles. The molecule has 0 saturated heterocycles. The maximum Gasteiger partial charge on any atom is 0.144 e. The van der Waals surface area contributed by atoms with Gasteiger partial charge in [-0.2, -0.15) is 0 Å². The minimum atomic E-state index is -0.638. The summed E-state index contributed by atoms with van der Waals surface area (Å²) in [5.41, 5.74) is 5.58. The third-order valence-corrected chi connectivity index (χ3v) is 4.41. The molecular weight excluding hydrogens is 297 g/mol. The van der Waals surface area contributed by atoms with Crippen molar-refractivity contribution >= 4 is 21.7 Å². The Balaban J connectivity index is 2.95. The molecule has 0 saturated carbocycles. The summed E-state index contributed by atoms with van der Waals surface area (Å²) in [4.78, 5) is 12.3. The Bertz CT molecular complexity index is 463. The molecule has 2 N–H and O–H groups in total. The van der Waals surface area contributed by atoms with Gasteiger partial charge in [0.2, 0.25) is 0 Å². The van der Waals surface area contributed by atoms with Crippen LogP contribution in [0.2, 0.25) is 0 Å². The number of rotatable bonds is 4. The zero-order chi connectivity index (χ0) is 14.1. The first-order chi connectivity index (χ1) is 8.05. The third-order valence-electron chi connectivity index (χ3n) is 3.67. The van der Waals surface area contributed by atoms with Gasteiger partial charge in [0.25, 0.3) is 0 Å². The molecule has 0 fully saturated rings. The van der Waals surface area contributed by atoms with Crippen LogP contribution in [0.3, 0.4) is 0 Å². The molecule has 1 aromatic carbocycles. The van der Waals surface area contributed by atoms with Crippen molar-refractivity contribution in [2.24, 2.45) is 11.1 Å². The van der Waals surface area contributed by atoms with Crippen molar-refractivity contribution in [1.29, 1.82) is 0 Å². The van der Waals surface area contributed by atoms with Gasteiger partial charge in [0.1, 0.15) is 11.6 Å². The predicted molar refractivity (Wildman–Crippen MR) is 74.9 cm³/mol. The highest BCUT2D eigenvalue weighted by Crippen LogP contribution is 2.31. The van der Waals surface area contributed by atoms with E-state index < -0.39 is 11.0 Å². The smallest absolute Gasteiger partial charge is 0.144 e. The molecular formula is C14H19BrFNO. The van der Waals surface area contributed by atoms with Crippen LogP contribution in [-0.2, 0) is 11.2 Å². The van der Waals surface area contributed by atoms with Crippen molar-refractivity contribution in [3.63, 3.8) is 0 Å². The number of halogens is 2. The molecule has 0 unspecified atom stereocenters. The van der Waals surface area contributed by atoms with Crippen molar-refractivity contribution in [2.45, 2.75) is 39.7 Å². The fraction of sp³-hybridized carbons (Fsp3) is 0.500. The van der Waals surface area contributed by atoms with Gasteiger partial charge in [-0.15, -0.1) is 0 Å². The fourth-order valence-electron chi connectivity index (χ4n) is 1.42. The SMILES string of the molecule is CC(C)(N)C(C)(C)C(=O)Cc1ccc(F)cc1Br. The Kier molecular flexibility index (Phi) is 4.34. The first-order valence-electron chi connectivity index (χ1n) is 5.82. The Morgan fingerprint density at radius 1 is 1.33 bits per heavy atom. The van der Waals surface area contributed by atoms with Gasteiger partial charge < -0.3 is 5.73 Å². The molecule has 0 aliphatic heterocycles. The Hall–Kier alpha value is -0.740. The molecule has 1 rings (SSSR count). The topological polar surface area (TPSA) is 43.1 Å². The molecule has 0 atom stereocenters. The zero-order valence-corrected chi connectivity index (χ0v) is 12.8. The highest BCUT2D eigenvalue weighted by Gasteiger charge is 2.39. The van der Waals surface area contributed by atoms with E-state index in [-0.39, 0.29) is 18.0 Å². The molecule has 0 aromatic heterocycles. The summed E-state index contributed by atoms with van der Waals surface area (Å²) < 4.78 is 13.6. The van der Waals surface area contributed by atoms with Crippen LogP contribution in [0.25, 0.3) is 0 Å². The van der Waals surface area contributed by atoms with Gasteiger partial charge in [-0.3, -0.25) is 4.79 Å². The zero-order valence-electron chi connectivity index (χ0n) is 11.2. The van der Waals surface area contributed by atoms with Crippen LogP contribution in [0.4, 0.5) is 4.39 Å². The number of nitrogens with two attached hydrogens (primary N) is 1. The second-order valence-electron chi connectivity index (χ2n) is 5.68. The van der Waals surface area contributed by atoms with Crippen molar-refractivity contribution in [1.82, 2.24) is 0 Å². The monoisotopic (exact) mass is 315 g/mol. The Labute approximate surface area is 116 Å². The molecule has 100 valence electrons. The van der Waals surface area contributed by atoms with Crippen LogP contribution >= 0.6 is 15.9 Å². The number of carbonyl (C=O) groups excluding carboxylic acids is 1. The molecule has 18 heavy (non-hydrogen) atoms. The van der Waals surface area contributed by atoms with E-state index in [1.54, 1.807) is 6.07 Å². The lowest BCUT2D eigenvalue weighted by Crippen LogP contribution is -2.52. The molecule has 2 nitrogen and oxygen atoms in total. The molecule has 0 radical (unpaired) electrons. The second kappa shape index (κ2) is 5.10. The van der Waals surface area contributed by atoms with Gasteiger partial charge in [0, 0.05) is 21.8 Å². The molecule has 0 aliphatic rings. The van der Waals surface area contributed by atoms with E-state index in [1.807, 2.05) is 27.7 Å². The van der Waals surface area contributed by atoms with E-state index in [1.165, 1.54) is 12.1 Å². The number of carbonyl (C=O) groups is 1. The van der Waals surface area contributed by atoms with E-state index in [4.69, 9.17) is 5.73 Å². The first kappa shape index (κ1) is 15.3. The summed E-state index contributed by atoms with van der Waals surface area (Å²) in [5.74, 6) is -0.279. The van der Waals surface area contributed by atoms with E-state index in [0.717, 1.165) is 5.56 Å². The minimum absolute atomic E-state index is 0.0438. The second-order valence-corrected chi connectivity index (χ2v) is 6.54. The summed E-state index contributed by atoms with van der Waals surface area (Å²) in [6.45, 7) is 7.36. The maximum atomic E-state index is 13.0. The summed E-state index contributed by atoms with van der Waals surface area (Å²) in [5, 5.41) is 0. The van der Waals surface area contributed by atoms with Crippen molar-refractivity contribution in [3.05, 3.63) is 34.1 Å². The summed E-state index contributed by atoms with van der Waals surface area (Å²) >= 11 is 3.27. The van der Waals surface area contributed by atoms with Crippen LogP contribution in [0.1, 0.15) is 33.3 Å². The van der Waals surface area contributed by atoms with Crippen LogP contribution in [0, 0.1) is 11.2 Å². The summed E-state index contributed by atoms with van der Waals surface area (Å²) in [6.07, 6.45) is 0.245. The van der Waals surface area contributed by atoms with Crippen LogP contribution in [0.5, 0.6) is 0 Å². The van der Waals surface area contributed by atoms with Gasteiger partial charge in [-0.05, 0) is 31.5 Å². The van der Waals surface area contributed by atoms with Gasteiger partial charge in [0.15, 0.2) is 0 Å². The molecule has 4 heteroatoms.